The molecule has 4 atom stereocenters. The molecule has 2 rings (SSSR count). The van der Waals surface area contributed by atoms with Gasteiger partial charge in [0, 0.05) is 0 Å². The molecule has 0 aromatic carbocycles. The third-order valence-electron chi connectivity index (χ3n) is 2.67. The number of aromatic amines is 1. The van der Waals surface area contributed by atoms with Crippen LogP contribution in [0.15, 0.2) is 15.8 Å². The summed E-state index contributed by atoms with van der Waals surface area (Å²) in [4.78, 5) is 23.6. The molecule has 0 saturated carbocycles. The molecule has 2 heterocycles. The summed E-state index contributed by atoms with van der Waals surface area (Å²) in [7, 11) is 0. The van der Waals surface area contributed by atoms with E-state index < -0.39 is 48.2 Å². The van der Waals surface area contributed by atoms with E-state index in [0.29, 0.717) is 0 Å². The number of H-pyrrole nitrogens is 1. The number of nitrogens with zero attached hydrogens (tertiary/aromatic N) is 1. The predicted octanol–water partition coefficient (Wildman–Crippen LogP) is -1.16. The zero-order chi connectivity index (χ0) is 13.4. The van der Waals surface area contributed by atoms with Crippen LogP contribution in [0.4, 0.5) is 4.39 Å². The fourth-order valence-corrected chi connectivity index (χ4v) is 5.00. The Kier molecular flexibility index (Phi) is 4.27. The van der Waals surface area contributed by atoms with Crippen molar-refractivity contribution in [2.75, 3.05) is 6.61 Å². The van der Waals surface area contributed by atoms with Crippen LogP contribution in [0.5, 0.6) is 0 Å². The van der Waals surface area contributed by atoms with E-state index in [0.717, 1.165) is 4.57 Å². The molecule has 0 aliphatic carbocycles. The Hall–Kier alpha value is -0.221. The van der Waals surface area contributed by atoms with E-state index in [4.69, 9.17) is 5.11 Å². The Morgan fingerprint density at radius 2 is 2.22 bits per heavy atom. The van der Waals surface area contributed by atoms with Crippen LogP contribution in [0.3, 0.4) is 0 Å². The van der Waals surface area contributed by atoms with Crippen LogP contribution in [0.1, 0.15) is 4.94 Å². The van der Waals surface area contributed by atoms with Gasteiger partial charge in [-0.2, -0.15) is 0 Å². The van der Waals surface area contributed by atoms with Gasteiger partial charge in [-0.15, -0.1) is 0 Å². The van der Waals surface area contributed by atoms with Crippen LogP contribution in [0.25, 0.3) is 0 Å². The van der Waals surface area contributed by atoms with E-state index in [1.165, 1.54) is 6.20 Å². The van der Waals surface area contributed by atoms with Crippen LogP contribution in [-0.4, -0.2) is 53.6 Å². The van der Waals surface area contributed by atoms with Gasteiger partial charge in [0.05, 0.1) is 0 Å². The number of hydrogen-bond acceptors (Lipinski definition) is 4. The first kappa shape index (κ1) is 14.2. The second-order valence-corrected chi connectivity index (χ2v) is 7.84. The van der Waals surface area contributed by atoms with E-state index in [1.807, 2.05) is 0 Å². The van der Waals surface area contributed by atoms with Crippen LogP contribution >= 0.6 is 22.6 Å². The standard InChI is InChI=1S/C9H10FIN2O4Se/c10-5-6(15)4(2-14)18-8(5)13-1-3(11)7(16)12-9(13)17/h1,4-6,8,14-15H,2H2,(H,12,16,17)/t4-,5+,6-,8?/m1/s1. The number of halogens is 2. The van der Waals surface area contributed by atoms with Gasteiger partial charge in [0.2, 0.25) is 0 Å². The molecule has 0 amide bonds. The van der Waals surface area contributed by atoms with Gasteiger partial charge in [-0.3, -0.25) is 0 Å². The Labute approximate surface area is 121 Å². The van der Waals surface area contributed by atoms with Gasteiger partial charge in [-0.05, 0) is 0 Å². The molecular formula is C9H10FIN2O4Se. The quantitative estimate of drug-likeness (QED) is 0.404. The molecule has 0 radical (unpaired) electrons. The van der Waals surface area contributed by atoms with Crippen molar-refractivity contribution < 1.29 is 14.6 Å². The first-order valence-corrected chi connectivity index (χ1v) is 8.11. The van der Waals surface area contributed by atoms with Crippen LogP contribution in [0.2, 0.25) is 4.82 Å². The second kappa shape index (κ2) is 5.41. The third kappa shape index (κ3) is 2.41. The van der Waals surface area contributed by atoms with Crippen molar-refractivity contribution in [3.63, 3.8) is 0 Å². The summed E-state index contributed by atoms with van der Waals surface area (Å²) in [6.45, 7) is -0.312. The van der Waals surface area contributed by atoms with E-state index in [1.54, 1.807) is 22.6 Å². The topological polar surface area (TPSA) is 95.3 Å². The molecule has 1 aliphatic heterocycles. The van der Waals surface area contributed by atoms with Crippen molar-refractivity contribution in [1.29, 1.82) is 0 Å². The average Bonchev–Trinajstić information content (AvgIpc) is 2.61. The summed E-state index contributed by atoms with van der Waals surface area (Å²) in [5, 5.41) is 18.6. The van der Waals surface area contributed by atoms with E-state index in [-0.39, 0.29) is 10.2 Å². The molecule has 1 aromatic heterocycles. The first-order valence-electron chi connectivity index (χ1n) is 5.05. The number of hydrogen-bond donors (Lipinski definition) is 3. The van der Waals surface area contributed by atoms with E-state index in [2.05, 4.69) is 4.98 Å². The Morgan fingerprint density at radius 1 is 1.56 bits per heavy atom. The van der Waals surface area contributed by atoms with Crippen LogP contribution in [0, 0.1) is 3.57 Å². The summed E-state index contributed by atoms with van der Waals surface area (Å²) < 4.78 is 15.3. The second-order valence-electron chi connectivity index (χ2n) is 3.83. The van der Waals surface area contributed by atoms with Crippen molar-refractivity contribution >= 4 is 37.5 Å². The minimum atomic E-state index is -1.61. The first-order chi connectivity index (χ1) is 8.45. The SMILES string of the molecule is O=c1[nH]c(=O)n(C2[Se][C@H](CO)[C@@H](O)[C@@H]2F)cc1I. The molecule has 1 fully saturated rings. The molecule has 1 unspecified atom stereocenters. The predicted molar refractivity (Wildman–Crippen MR) is 70.6 cm³/mol. The zero-order valence-electron chi connectivity index (χ0n) is 8.92. The molecule has 1 aliphatic rings. The molecule has 1 saturated heterocycles. The average molecular weight is 435 g/mol. The van der Waals surface area contributed by atoms with Gasteiger partial charge in [0.25, 0.3) is 0 Å². The minimum absolute atomic E-state index is 0.275. The van der Waals surface area contributed by atoms with Crippen molar-refractivity contribution in [3.05, 3.63) is 30.6 Å². The molecule has 0 spiro atoms. The van der Waals surface area contributed by atoms with Gasteiger partial charge < -0.3 is 0 Å². The van der Waals surface area contributed by atoms with Gasteiger partial charge in [0.15, 0.2) is 0 Å². The van der Waals surface area contributed by atoms with Crippen LogP contribution in [-0.2, 0) is 0 Å². The fraction of sp³-hybridized carbons (Fsp3) is 0.556. The molecule has 0 bridgehead atoms. The Balaban J connectivity index is 2.42. The van der Waals surface area contributed by atoms with Gasteiger partial charge in [-0.25, -0.2) is 0 Å². The maximum atomic E-state index is 13.9. The summed E-state index contributed by atoms with van der Waals surface area (Å²) in [6.07, 6.45) is -1.59. The molecule has 100 valence electrons. The molecular weight excluding hydrogens is 425 g/mol. The third-order valence-corrected chi connectivity index (χ3v) is 6.68. The number of rotatable bonds is 2. The zero-order valence-corrected chi connectivity index (χ0v) is 12.8. The Morgan fingerprint density at radius 3 is 2.78 bits per heavy atom. The number of aliphatic hydroxyl groups is 2. The monoisotopic (exact) mass is 436 g/mol. The molecule has 18 heavy (non-hydrogen) atoms. The fourth-order valence-electron chi connectivity index (χ4n) is 1.73. The summed E-state index contributed by atoms with van der Waals surface area (Å²) in [5.74, 6) is 0. The van der Waals surface area contributed by atoms with Crippen molar-refractivity contribution in [2.24, 2.45) is 0 Å². The summed E-state index contributed by atoms with van der Waals surface area (Å²) >= 11 is 1.29. The molecule has 6 nitrogen and oxygen atoms in total. The van der Waals surface area contributed by atoms with Crippen LogP contribution < -0.4 is 11.2 Å². The van der Waals surface area contributed by atoms with Crippen molar-refractivity contribution in [1.82, 2.24) is 9.55 Å². The summed E-state index contributed by atoms with van der Waals surface area (Å²) in [5.41, 5.74) is -1.21. The number of aromatic nitrogens is 2. The number of aliphatic hydroxyl groups excluding tert-OH is 2. The van der Waals surface area contributed by atoms with E-state index >= 15 is 0 Å². The number of alkyl halides is 1. The molecule has 1 aromatic rings. The normalized spacial score (nSPS) is 31.8. The molecule has 9 heteroatoms. The Bertz CT molecular complexity index is 562. The van der Waals surface area contributed by atoms with E-state index in [9.17, 15) is 19.1 Å². The summed E-state index contributed by atoms with van der Waals surface area (Å²) in [6, 6.07) is 0. The van der Waals surface area contributed by atoms with Gasteiger partial charge in [-0.1, -0.05) is 0 Å². The van der Waals surface area contributed by atoms with Gasteiger partial charge >= 0.3 is 121 Å². The number of nitrogens with one attached hydrogen (secondary N) is 1. The maximum absolute atomic E-state index is 13.9. The van der Waals surface area contributed by atoms with Crippen molar-refractivity contribution in [2.45, 2.75) is 22.0 Å². The molecule has 3 N–H and O–H groups in total. The van der Waals surface area contributed by atoms with Crippen molar-refractivity contribution in [3.8, 4) is 0 Å². The van der Waals surface area contributed by atoms with Gasteiger partial charge in [0.1, 0.15) is 0 Å².